The second-order valence-electron chi connectivity index (χ2n) is 4.40. The molecule has 0 fully saturated rings. The molecule has 0 aliphatic carbocycles. The highest BCUT2D eigenvalue weighted by molar-refractivity contribution is 5.88. The quantitative estimate of drug-likeness (QED) is 0.256. The molecule has 104 valence electrons. The van der Waals surface area contributed by atoms with Gasteiger partial charge in [-0.05, 0) is 26.2 Å². The SMILES string of the molecule is C=COC(C)C(=C)C(=O)OC(CC)CCCCC. The van der Waals surface area contributed by atoms with E-state index in [9.17, 15) is 4.79 Å². The first-order chi connectivity index (χ1) is 8.56. The molecule has 0 aromatic heterocycles. The molecule has 2 atom stereocenters. The van der Waals surface area contributed by atoms with Crippen molar-refractivity contribution in [1.82, 2.24) is 0 Å². The number of hydrogen-bond donors (Lipinski definition) is 0. The average Bonchev–Trinajstić information content (AvgIpc) is 2.36. The van der Waals surface area contributed by atoms with E-state index < -0.39 is 0 Å². The van der Waals surface area contributed by atoms with Crippen LogP contribution in [0.1, 0.15) is 52.9 Å². The zero-order valence-corrected chi connectivity index (χ0v) is 11.9. The van der Waals surface area contributed by atoms with Gasteiger partial charge in [-0.2, -0.15) is 0 Å². The van der Waals surface area contributed by atoms with Gasteiger partial charge in [-0.25, -0.2) is 4.79 Å². The van der Waals surface area contributed by atoms with E-state index in [2.05, 4.69) is 20.1 Å². The molecule has 0 radical (unpaired) electrons. The first-order valence-corrected chi connectivity index (χ1v) is 6.72. The Kier molecular flexibility index (Phi) is 9.07. The van der Waals surface area contributed by atoms with Crippen LogP contribution in [0.15, 0.2) is 25.0 Å². The van der Waals surface area contributed by atoms with Crippen molar-refractivity contribution in [3.05, 3.63) is 25.0 Å². The van der Waals surface area contributed by atoms with Crippen molar-refractivity contribution in [1.29, 1.82) is 0 Å². The Balaban J connectivity index is 4.16. The fourth-order valence-electron chi connectivity index (χ4n) is 1.59. The number of esters is 1. The number of hydrogen-bond acceptors (Lipinski definition) is 3. The number of unbranched alkanes of at least 4 members (excludes halogenated alkanes) is 2. The van der Waals surface area contributed by atoms with Crippen LogP contribution in [0.2, 0.25) is 0 Å². The average molecular weight is 254 g/mol. The molecule has 0 saturated heterocycles. The van der Waals surface area contributed by atoms with Crippen LogP contribution >= 0.6 is 0 Å². The molecular weight excluding hydrogens is 228 g/mol. The minimum absolute atomic E-state index is 0.0169. The summed E-state index contributed by atoms with van der Waals surface area (Å²) in [6.45, 7) is 13.1. The summed E-state index contributed by atoms with van der Waals surface area (Å²) in [4.78, 5) is 11.8. The summed E-state index contributed by atoms with van der Waals surface area (Å²) < 4.78 is 10.5. The highest BCUT2D eigenvalue weighted by Crippen LogP contribution is 2.14. The van der Waals surface area contributed by atoms with Gasteiger partial charge in [0.05, 0.1) is 11.8 Å². The molecule has 0 aliphatic heterocycles. The summed E-state index contributed by atoms with van der Waals surface area (Å²) in [6, 6.07) is 0. The van der Waals surface area contributed by atoms with E-state index >= 15 is 0 Å². The van der Waals surface area contributed by atoms with Gasteiger partial charge in [0.1, 0.15) is 12.2 Å². The molecular formula is C15H26O3. The standard InChI is InChI=1S/C15H26O3/c1-6-9-10-11-14(7-2)18-15(16)12(4)13(5)17-8-3/h8,13-14H,3-4,6-7,9-11H2,1-2,5H3. The molecule has 0 heterocycles. The normalized spacial score (nSPS) is 13.5. The third-order valence-corrected chi connectivity index (χ3v) is 2.91. The van der Waals surface area contributed by atoms with Crippen LogP contribution in [-0.4, -0.2) is 18.2 Å². The van der Waals surface area contributed by atoms with Crippen LogP contribution in [-0.2, 0) is 14.3 Å². The highest BCUT2D eigenvalue weighted by atomic mass is 16.5. The van der Waals surface area contributed by atoms with Crippen molar-refractivity contribution in [2.75, 3.05) is 0 Å². The zero-order chi connectivity index (χ0) is 14.0. The van der Waals surface area contributed by atoms with Crippen LogP contribution in [0.4, 0.5) is 0 Å². The Bertz CT molecular complexity index is 271. The Morgan fingerprint density at radius 3 is 2.50 bits per heavy atom. The minimum Gasteiger partial charge on any atom is -0.494 e. The van der Waals surface area contributed by atoms with Gasteiger partial charge in [-0.1, -0.05) is 39.8 Å². The Morgan fingerprint density at radius 1 is 1.33 bits per heavy atom. The summed E-state index contributed by atoms with van der Waals surface area (Å²) in [7, 11) is 0. The van der Waals surface area contributed by atoms with Gasteiger partial charge in [0.15, 0.2) is 0 Å². The predicted octanol–water partition coefficient (Wildman–Crippen LogP) is 3.99. The van der Waals surface area contributed by atoms with E-state index in [1.807, 2.05) is 6.92 Å². The summed E-state index contributed by atoms with van der Waals surface area (Å²) in [5.41, 5.74) is 0.337. The van der Waals surface area contributed by atoms with Crippen molar-refractivity contribution < 1.29 is 14.3 Å². The molecule has 0 spiro atoms. The van der Waals surface area contributed by atoms with Gasteiger partial charge in [0.25, 0.3) is 0 Å². The van der Waals surface area contributed by atoms with Gasteiger partial charge in [0, 0.05) is 0 Å². The number of rotatable bonds is 10. The molecule has 0 amide bonds. The van der Waals surface area contributed by atoms with Crippen LogP contribution < -0.4 is 0 Å². The van der Waals surface area contributed by atoms with Crippen molar-refractivity contribution in [2.45, 2.75) is 65.1 Å². The molecule has 0 saturated carbocycles. The van der Waals surface area contributed by atoms with Gasteiger partial charge in [0.2, 0.25) is 0 Å². The lowest BCUT2D eigenvalue weighted by molar-refractivity contribution is -0.145. The Labute approximate surface area is 111 Å². The number of carbonyl (C=O) groups is 1. The van der Waals surface area contributed by atoms with Crippen molar-refractivity contribution in [2.24, 2.45) is 0 Å². The van der Waals surface area contributed by atoms with E-state index in [0.717, 1.165) is 19.3 Å². The van der Waals surface area contributed by atoms with E-state index in [1.165, 1.54) is 19.1 Å². The molecule has 0 N–H and O–H groups in total. The second-order valence-corrected chi connectivity index (χ2v) is 4.40. The maximum absolute atomic E-state index is 11.8. The lowest BCUT2D eigenvalue weighted by Crippen LogP contribution is -2.23. The second kappa shape index (κ2) is 9.75. The predicted molar refractivity (Wildman–Crippen MR) is 74.2 cm³/mol. The van der Waals surface area contributed by atoms with E-state index in [0.29, 0.717) is 5.57 Å². The molecule has 0 aromatic carbocycles. The Morgan fingerprint density at radius 2 is 2.00 bits per heavy atom. The smallest absolute Gasteiger partial charge is 0.337 e. The maximum Gasteiger partial charge on any atom is 0.337 e. The minimum atomic E-state index is -0.386. The molecule has 0 aliphatic rings. The van der Waals surface area contributed by atoms with Crippen LogP contribution in [0.5, 0.6) is 0 Å². The fraction of sp³-hybridized carbons (Fsp3) is 0.667. The first kappa shape index (κ1) is 16.8. The molecule has 2 unspecified atom stereocenters. The molecule has 3 nitrogen and oxygen atoms in total. The molecule has 3 heteroatoms. The van der Waals surface area contributed by atoms with Crippen LogP contribution in [0, 0.1) is 0 Å². The lowest BCUT2D eigenvalue weighted by atomic mass is 10.1. The summed E-state index contributed by atoms with van der Waals surface area (Å²) in [5, 5.41) is 0. The van der Waals surface area contributed by atoms with Crippen LogP contribution in [0.25, 0.3) is 0 Å². The van der Waals surface area contributed by atoms with Gasteiger partial charge in [-0.3, -0.25) is 0 Å². The van der Waals surface area contributed by atoms with E-state index in [-0.39, 0.29) is 18.2 Å². The largest absolute Gasteiger partial charge is 0.494 e. The molecule has 18 heavy (non-hydrogen) atoms. The van der Waals surface area contributed by atoms with Gasteiger partial charge >= 0.3 is 5.97 Å². The molecule has 0 rings (SSSR count). The van der Waals surface area contributed by atoms with E-state index in [4.69, 9.17) is 9.47 Å². The lowest BCUT2D eigenvalue weighted by Gasteiger charge is -2.19. The maximum atomic E-state index is 11.8. The first-order valence-electron chi connectivity index (χ1n) is 6.72. The summed E-state index contributed by atoms with van der Waals surface area (Å²) in [6.07, 6.45) is 6.08. The van der Waals surface area contributed by atoms with E-state index in [1.54, 1.807) is 6.92 Å². The summed E-state index contributed by atoms with van der Waals surface area (Å²) in [5.74, 6) is -0.368. The monoisotopic (exact) mass is 254 g/mol. The fourth-order valence-corrected chi connectivity index (χ4v) is 1.59. The van der Waals surface area contributed by atoms with Crippen molar-refractivity contribution in [3.63, 3.8) is 0 Å². The molecule has 0 aromatic rings. The topological polar surface area (TPSA) is 35.5 Å². The third-order valence-electron chi connectivity index (χ3n) is 2.91. The van der Waals surface area contributed by atoms with Crippen molar-refractivity contribution >= 4 is 5.97 Å². The zero-order valence-electron chi connectivity index (χ0n) is 11.9. The number of ether oxygens (including phenoxy) is 2. The van der Waals surface area contributed by atoms with Crippen LogP contribution in [0.3, 0.4) is 0 Å². The highest BCUT2D eigenvalue weighted by Gasteiger charge is 2.19. The Hall–Kier alpha value is -1.25. The third kappa shape index (κ3) is 6.48. The summed E-state index contributed by atoms with van der Waals surface area (Å²) >= 11 is 0. The number of carbonyl (C=O) groups excluding carboxylic acids is 1. The van der Waals surface area contributed by atoms with Gasteiger partial charge < -0.3 is 9.47 Å². The van der Waals surface area contributed by atoms with Gasteiger partial charge in [-0.15, -0.1) is 0 Å². The van der Waals surface area contributed by atoms with Crippen molar-refractivity contribution in [3.8, 4) is 0 Å². The molecule has 0 bridgehead atoms.